The molecule has 2 nitrogen and oxygen atoms in total. The molecule has 138 valence electrons. The quantitative estimate of drug-likeness (QED) is 0.224. The average Bonchev–Trinajstić information content (AvgIpc) is 2.54. The number of esters is 1. The minimum atomic E-state index is 0.0541. The second-order valence-corrected chi connectivity index (χ2v) is 7.14. The Morgan fingerprint density at radius 3 is 1.83 bits per heavy atom. The second kappa shape index (κ2) is 16.3. The van der Waals surface area contributed by atoms with E-state index in [1.54, 1.807) is 0 Å². The van der Waals surface area contributed by atoms with Crippen LogP contribution in [0.15, 0.2) is 0 Å². The predicted molar refractivity (Wildman–Crippen MR) is 101 cm³/mol. The van der Waals surface area contributed by atoms with Crippen LogP contribution >= 0.6 is 0 Å². The summed E-state index contributed by atoms with van der Waals surface area (Å²) in [5.74, 6) is 0.183. The maximum Gasteiger partial charge on any atom is 0.309 e. The van der Waals surface area contributed by atoms with E-state index in [-0.39, 0.29) is 18.0 Å². The van der Waals surface area contributed by atoms with E-state index in [0.29, 0.717) is 0 Å². The fourth-order valence-corrected chi connectivity index (χ4v) is 3.10. The van der Waals surface area contributed by atoms with E-state index in [0.717, 1.165) is 32.1 Å². The van der Waals surface area contributed by atoms with Crippen LogP contribution in [0, 0.1) is 5.92 Å². The Kier molecular flexibility index (Phi) is 16.0. The van der Waals surface area contributed by atoms with Crippen LogP contribution in [0.4, 0.5) is 0 Å². The lowest BCUT2D eigenvalue weighted by atomic mass is 9.96. The van der Waals surface area contributed by atoms with Crippen molar-refractivity contribution in [2.24, 2.45) is 5.92 Å². The van der Waals surface area contributed by atoms with Crippen LogP contribution in [0.2, 0.25) is 0 Å². The predicted octanol–water partition coefficient (Wildman–Crippen LogP) is 7.06. The van der Waals surface area contributed by atoms with E-state index < -0.39 is 0 Å². The van der Waals surface area contributed by atoms with Crippen molar-refractivity contribution in [3.05, 3.63) is 0 Å². The normalized spacial score (nSPS) is 13.7. The highest BCUT2D eigenvalue weighted by atomic mass is 16.5. The lowest BCUT2D eigenvalue weighted by Crippen LogP contribution is -2.22. The standard InChI is InChI=1S/C21H42O2/c1-5-8-10-11-12-13-14-15-18-20(16-7-3)21(22)23-19(4)17-9-6-2/h19-20H,5-18H2,1-4H3. The molecule has 2 heteroatoms. The molecule has 0 N–H and O–H groups in total. The first-order chi connectivity index (χ1) is 11.2. The largest absolute Gasteiger partial charge is 0.462 e. The molecule has 2 unspecified atom stereocenters. The van der Waals surface area contributed by atoms with E-state index in [9.17, 15) is 4.79 Å². The van der Waals surface area contributed by atoms with Crippen molar-refractivity contribution in [2.75, 3.05) is 0 Å². The molecule has 0 fully saturated rings. The summed E-state index contributed by atoms with van der Waals surface area (Å²) >= 11 is 0. The van der Waals surface area contributed by atoms with Crippen molar-refractivity contribution in [3.63, 3.8) is 0 Å². The van der Waals surface area contributed by atoms with Gasteiger partial charge in [-0.3, -0.25) is 4.79 Å². The zero-order valence-electron chi connectivity index (χ0n) is 16.4. The highest BCUT2D eigenvalue weighted by Gasteiger charge is 2.20. The smallest absolute Gasteiger partial charge is 0.309 e. The van der Waals surface area contributed by atoms with E-state index in [4.69, 9.17) is 4.74 Å². The number of rotatable bonds is 16. The van der Waals surface area contributed by atoms with Gasteiger partial charge in [-0.1, -0.05) is 91.4 Å². The Labute approximate surface area is 145 Å². The molecule has 0 aliphatic heterocycles. The Bertz CT molecular complexity index is 263. The summed E-state index contributed by atoms with van der Waals surface area (Å²) in [6.07, 6.45) is 17.0. The molecular weight excluding hydrogens is 284 g/mol. The minimum Gasteiger partial charge on any atom is -0.462 e. The zero-order valence-corrected chi connectivity index (χ0v) is 16.4. The van der Waals surface area contributed by atoms with Crippen LogP contribution in [-0.4, -0.2) is 12.1 Å². The molecule has 0 heterocycles. The summed E-state index contributed by atoms with van der Waals surface area (Å²) in [5, 5.41) is 0. The Balaban J connectivity index is 3.85. The van der Waals surface area contributed by atoms with Gasteiger partial charge in [0.25, 0.3) is 0 Å². The van der Waals surface area contributed by atoms with Crippen molar-refractivity contribution in [1.82, 2.24) is 0 Å². The molecule has 0 aliphatic rings. The topological polar surface area (TPSA) is 26.3 Å². The molecule has 0 aromatic carbocycles. The molecule has 2 atom stereocenters. The maximum absolute atomic E-state index is 12.3. The van der Waals surface area contributed by atoms with Crippen molar-refractivity contribution in [3.8, 4) is 0 Å². The molecule has 0 aliphatic carbocycles. The van der Waals surface area contributed by atoms with Crippen LogP contribution in [0.3, 0.4) is 0 Å². The maximum atomic E-state index is 12.3. The molecule has 0 saturated carbocycles. The third-order valence-electron chi connectivity index (χ3n) is 4.66. The van der Waals surface area contributed by atoms with E-state index in [1.807, 2.05) is 6.92 Å². The summed E-state index contributed by atoms with van der Waals surface area (Å²) in [7, 11) is 0. The van der Waals surface area contributed by atoms with Crippen LogP contribution < -0.4 is 0 Å². The molecule has 0 spiro atoms. The number of carbonyl (C=O) groups excluding carboxylic acids is 1. The summed E-state index contributed by atoms with van der Waals surface area (Å²) in [6.45, 7) is 8.63. The monoisotopic (exact) mass is 326 g/mol. The summed E-state index contributed by atoms with van der Waals surface area (Å²) in [5.41, 5.74) is 0. The minimum absolute atomic E-state index is 0.0541. The molecule has 0 saturated heterocycles. The molecule has 0 radical (unpaired) electrons. The van der Waals surface area contributed by atoms with Gasteiger partial charge in [-0.2, -0.15) is 0 Å². The number of hydrogen-bond donors (Lipinski definition) is 0. The molecule has 0 aromatic rings. The van der Waals surface area contributed by atoms with Crippen molar-refractivity contribution in [1.29, 1.82) is 0 Å². The molecule has 23 heavy (non-hydrogen) atoms. The lowest BCUT2D eigenvalue weighted by Gasteiger charge is -2.19. The summed E-state index contributed by atoms with van der Waals surface area (Å²) in [4.78, 5) is 12.3. The van der Waals surface area contributed by atoms with Crippen LogP contribution in [0.5, 0.6) is 0 Å². The fraction of sp³-hybridized carbons (Fsp3) is 0.952. The average molecular weight is 327 g/mol. The summed E-state index contributed by atoms with van der Waals surface area (Å²) in [6, 6.07) is 0. The molecular formula is C21H42O2. The third kappa shape index (κ3) is 13.6. The highest BCUT2D eigenvalue weighted by molar-refractivity contribution is 5.72. The van der Waals surface area contributed by atoms with Gasteiger partial charge in [0.05, 0.1) is 12.0 Å². The van der Waals surface area contributed by atoms with Gasteiger partial charge in [-0.25, -0.2) is 0 Å². The van der Waals surface area contributed by atoms with Crippen molar-refractivity contribution >= 4 is 5.97 Å². The number of hydrogen-bond acceptors (Lipinski definition) is 2. The van der Waals surface area contributed by atoms with E-state index in [2.05, 4.69) is 20.8 Å². The second-order valence-electron chi connectivity index (χ2n) is 7.14. The highest BCUT2D eigenvalue weighted by Crippen LogP contribution is 2.20. The third-order valence-corrected chi connectivity index (χ3v) is 4.66. The van der Waals surface area contributed by atoms with Gasteiger partial charge < -0.3 is 4.74 Å². The first kappa shape index (κ1) is 22.5. The Morgan fingerprint density at radius 2 is 1.26 bits per heavy atom. The molecule has 0 bridgehead atoms. The number of carbonyl (C=O) groups is 1. The van der Waals surface area contributed by atoms with Gasteiger partial charge in [-0.15, -0.1) is 0 Å². The van der Waals surface area contributed by atoms with Crippen LogP contribution in [0.25, 0.3) is 0 Å². The lowest BCUT2D eigenvalue weighted by molar-refractivity contribution is -0.154. The number of unbranched alkanes of at least 4 members (excludes halogenated alkanes) is 8. The van der Waals surface area contributed by atoms with Gasteiger partial charge in [0, 0.05) is 0 Å². The SMILES string of the molecule is CCCCCCCCCCC(CCC)C(=O)OC(C)CCCC. The van der Waals surface area contributed by atoms with Crippen molar-refractivity contribution in [2.45, 2.75) is 124 Å². The molecule has 0 amide bonds. The van der Waals surface area contributed by atoms with Gasteiger partial charge in [0.1, 0.15) is 0 Å². The molecule has 0 rings (SSSR count). The Morgan fingerprint density at radius 1 is 0.696 bits per heavy atom. The van der Waals surface area contributed by atoms with Gasteiger partial charge >= 0.3 is 5.97 Å². The Hall–Kier alpha value is -0.530. The first-order valence-corrected chi connectivity index (χ1v) is 10.4. The summed E-state index contributed by atoms with van der Waals surface area (Å²) < 4.78 is 5.65. The fourth-order valence-electron chi connectivity index (χ4n) is 3.10. The van der Waals surface area contributed by atoms with Gasteiger partial charge in [-0.05, 0) is 26.2 Å². The van der Waals surface area contributed by atoms with Gasteiger partial charge in [0.15, 0.2) is 0 Å². The zero-order chi connectivity index (χ0) is 17.3. The number of ether oxygens (including phenoxy) is 1. The molecule has 0 aromatic heterocycles. The van der Waals surface area contributed by atoms with E-state index >= 15 is 0 Å². The first-order valence-electron chi connectivity index (χ1n) is 10.4. The van der Waals surface area contributed by atoms with Crippen LogP contribution in [0.1, 0.15) is 118 Å². The van der Waals surface area contributed by atoms with Crippen LogP contribution in [-0.2, 0) is 9.53 Å². The van der Waals surface area contributed by atoms with Gasteiger partial charge in [0.2, 0.25) is 0 Å². The van der Waals surface area contributed by atoms with E-state index in [1.165, 1.54) is 57.8 Å². The van der Waals surface area contributed by atoms with Crippen molar-refractivity contribution < 1.29 is 9.53 Å².